The summed E-state index contributed by atoms with van der Waals surface area (Å²) < 4.78 is 11.7. The van der Waals surface area contributed by atoms with Crippen molar-refractivity contribution in [3.8, 4) is 11.5 Å². The molecule has 4 aromatic rings. The van der Waals surface area contributed by atoms with Crippen molar-refractivity contribution in [1.82, 2.24) is 0 Å². The zero-order chi connectivity index (χ0) is 20.4. The van der Waals surface area contributed by atoms with E-state index in [1.54, 1.807) is 0 Å². The molecule has 0 saturated carbocycles. The minimum absolute atomic E-state index is 0.578. The van der Waals surface area contributed by atoms with Gasteiger partial charge in [0.05, 0.1) is 0 Å². The largest absolute Gasteiger partial charge is 0.489 e. The Hall–Kier alpha value is -3.78. The van der Waals surface area contributed by atoms with Gasteiger partial charge >= 0.3 is 0 Å². The monoisotopic (exact) mass is 392 g/mol. The molecule has 0 aliphatic rings. The first-order valence-corrected chi connectivity index (χ1v) is 10.1. The van der Waals surface area contributed by atoms with Crippen LogP contribution >= 0.6 is 0 Å². The van der Waals surface area contributed by atoms with E-state index < -0.39 is 0 Å². The van der Waals surface area contributed by atoms with E-state index in [-0.39, 0.29) is 0 Å². The van der Waals surface area contributed by atoms with Crippen LogP contribution in [-0.2, 0) is 13.2 Å². The van der Waals surface area contributed by atoms with E-state index in [4.69, 9.17) is 9.47 Å². The molecule has 148 valence electrons. The lowest BCUT2D eigenvalue weighted by Gasteiger charge is -2.07. The molecule has 0 N–H and O–H groups in total. The van der Waals surface area contributed by atoms with Crippen molar-refractivity contribution in [2.75, 3.05) is 0 Å². The second kappa shape index (κ2) is 10.1. The predicted molar refractivity (Wildman–Crippen MR) is 123 cm³/mol. The Morgan fingerprint density at radius 3 is 1.17 bits per heavy atom. The zero-order valence-corrected chi connectivity index (χ0v) is 16.8. The van der Waals surface area contributed by atoms with Crippen LogP contribution in [0.1, 0.15) is 22.3 Å². The van der Waals surface area contributed by atoms with E-state index in [2.05, 4.69) is 60.7 Å². The molecule has 0 heterocycles. The quantitative estimate of drug-likeness (QED) is 0.300. The topological polar surface area (TPSA) is 18.5 Å². The van der Waals surface area contributed by atoms with E-state index in [0.29, 0.717) is 13.2 Å². The molecule has 0 spiro atoms. The molecule has 0 radical (unpaired) electrons. The first-order valence-electron chi connectivity index (χ1n) is 10.1. The Morgan fingerprint density at radius 2 is 0.800 bits per heavy atom. The van der Waals surface area contributed by atoms with Crippen LogP contribution in [0.2, 0.25) is 0 Å². The summed E-state index contributed by atoms with van der Waals surface area (Å²) >= 11 is 0. The average Bonchev–Trinajstić information content (AvgIpc) is 2.83. The van der Waals surface area contributed by atoms with Crippen molar-refractivity contribution >= 4 is 12.2 Å². The summed E-state index contributed by atoms with van der Waals surface area (Å²) in [5, 5.41) is 0. The Balaban J connectivity index is 1.28. The van der Waals surface area contributed by atoms with Gasteiger partial charge in [-0.25, -0.2) is 0 Å². The van der Waals surface area contributed by atoms with Gasteiger partial charge in [0.2, 0.25) is 0 Å². The Kier molecular flexibility index (Phi) is 6.59. The molecule has 0 atom stereocenters. The lowest BCUT2D eigenvalue weighted by atomic mass is 10.1. The molecule has 2 heteroatoms. The molecule has 0 amide bonds. The van der Waals surface area contributed by atoms with E-state index >= 15 is 0 Å². The first kappa shape index (κ1) is 19.5. The molecule has 4 rings (SSSR count). The second-order valence-corrected chi connectivity index (χ2v) is 7.02. The summed E-state index contributed by atoms with van der Waals surface area (Å²) in [6.45, 7) is 1.16. The van der Waals surface area contributed by atoms with Crippen LogP contribution < -0.4 is 9.47 Å². The van der Waals surface area contributed by atoms with Gasteiger partial charge in [-0.15, -0.1) is 0 Å². The number of hydrogen-bond donors (Lipinski definition) is 0. The van der Waals surface area contributed by atoms with Crippen molar-refractivity contribution in [3.63, 3.8) is 0 Å². The lowest BCUT2D eigenvalue weighted by Crippen LogP contribution is -1.94. The molecule has 30 heavy (non-hydrogen) atoms. The van der Waals surface area contributed by atoms with Crippen LogP contribution in [0.3, 0.4) is 0 Å². The maximum Gasteiger partial charge on any atom is 0.119 e. The summed E-state index contributed by atoms with van der Waals surface area (Å²) in [6.07, 6.45) is 4.20. The number of hydrogen-bond acceptors (Lipinski definition) is 2. The van der Waals surface area contributed by atoms with Crippen LogP contribution in [0.4, 0.5) is 0 Å². The van der Waals surface area contributed by atoms with Crippen molar-refractivity contribution in [3.05, 3.63) is 131 Å². The van der Waals surface area contributed by atoms with Gasteiger partial charge in [-0.05, 0) is 46.5 Å². The van der Waals surface area contributed by atoms with Crippen LogP contribution in [-0.4, -0.2) is 0 Å². The normalized spacial score (nSPS) is 10.8. The van der Waals surface area contributed by atoms with Crippen LogP contribution in [0.15, 0.2) is 109 Å². The molecule has 0 bridgehead atoms. The first-order chi connectivity index (χ1) is 14.8. The smallest absolute Gasteiger partial charge is 0.119 e. The Labute approximate surface area is 178 Å². The standard InChI is InChI=1S/C28H24O2/c1-3-7-25(8-4-1)21-29-27-17-13-23(14-18-27)11-12-24-15-19-28(20-16-24)30-22-26-9-5-2-6-10-26/h1-20H,21-22H2/b12-11-. The average molecular weight is 392 g/mol. The van der Waals surface area contributed by atoms with E-state index in [9.17, 15) is 0 Å². The minimum Gasteiger partial charge on any atom is -0.489 e. The highest BCUT2D eigenvalue weighted by Gasteiger charge is 1.97. The Bertz CT molecular complexity index is 962. The fourth-order valence-corrected chi connectivity index (χ4v) is 3.02. The van der Waals surface area contributed by atoms with Gasteiger partial charge in [-0.2, -0.15) is 0 Å². The summed E-state index contributed by atoms with van der Waals surface area (Å²) in [5.41, 5.74) is 4.59. The predicted octanol–water partition coefficient (Wildman–Crippen LogP) is 7.02. The molecule has 0 aromatic heterocycles. The molecule has 2 nitrogen and oxygen atoms in total. The maximum absolute atomic E-state index is 5.84. The molecule has 0 aliphatic heterocycles. The third kappa shape index (κ3) is 5.86. The SMILES string of the molecule is C(=C/c1ccc(OCc2ccccc2)cc1)/c1ccc(OCc2ccccc2)cc1. The lowest BCUT2D eigenvalue weighted by molar-refractivity contribution is 0.306. The van der Waals surface area contributed by atoms with Gasteiger partial charge in [0, 0.05) is 0 Å². The van der Waals surface area contributed by atoms with Gasteiger partial charge in [0.25, 0.3) is 0 Å². The van der Waals surface area contributed by atoms with E-state index in [1.807, 2.05) is 60.7 Å². The third-order valence-corrected chi connectivity index (χ3v) is 4.73. The Morgan fingerprint density at radius 1 is 0.433 bits per heavy atom. The summed E-state index contributed by atoms with van der Waals surface area (Å²) in [6, 6.07) is 36.6. The van der Waals surface area contributed by atoms with Crippen molar-refractivity contribution in [2.24, 2.45) is 0 Å². The molecule has 0 fully saturated rings. The fraction of sp³-hybridized carbons (Fsp3) is 0.0714. The van der Waals surface area contributed by atoms with Crippen LogP contribution in [0.5, 0.6) is 11.5 Å². The third-order valence-electron chi connectivity index (χ3n) is 4.73. The van der Waals surface area contributed by atoms with Crippen molar-refractivity contribution in [1.29, 1.82) is 0 Å². The van der Waals surface area contributed by atoms with Gasteiger partial charge < -0.3 is 9.47 Å². The number of rotatable bonds is 8. The maximum atomic E-state index is 5.84. The molecule has 0 aliphatic carbocycles. The van der Waals surface area contributed by atoms with Gasteiger partial charge in [0.1, 0.15) is 24.7 Å². The number of benzene rings is 4. The molecule has 0 unspecified atom stereocenters. The van der Waals surface area contributed by atoms with Gasteiger partial charge in [-0.1, -0.05) is 97.1 Å². The molecule has 0 saturated heterocycles. The van der Waals surface area contributed by atoms with Crippen LogP contribution in [0.25, 0.3) is 12.2 Å². The fourth-order valence-electron chi connectivity index (χ4n) is 3.02. The summed E-state index contributed by atoms with van der Waals surface area (Å²) in [4.78, 5) is 0. The minimum atomic E-state index is 0.578. The highest BCUT2D eigenvalue weighted by molar-refractivity contribution is 5.70. The molecule has 4 aromatic carbocycles. The zero-order valence-electron chi connectivity index (χ0n) is 16.8. The summed E-state index contributed by atoms with van der Waals surface area (Å²) in [7, 11) is 0. The van der Waals surface area contributed by atoms with Gasteiger partial charge in [-0.3, -0.25) is 0 Å². The highest BCUT2D eigenvalue weighted by Crippen LogP contribution is 2.18. The van der Waals surface area contributed by atoms with Gasteiger partial charge in [0.15, 0.2) is 0 Å². The summed E-state index contributed by atoms with van der Waals surface area (Å²) in [5.74, 6) is 1.74. The molecular weight excluding hydrogens is 368 g/mol. The van der Waals surface area contributed by atoms with Crippen molar-refractivity contribution in [2.45, 2.75) is 13.2 Å². The number of ether oxygens (including phenoxy) is 2. The van der Waals surface area contributed by atoms with E-state index in [0.717, 1.165) is 33.8 Å². The van der Waals surface area contributed by atoms with Crippen molar-refractivity contribution < 1.29 is 9.47 Å². The highest BCUT2D eigenvalue weighted by atomic mass is 16.5. The molecular formula is C28H24O2. The van der Waals surface area contributed by atoms with Crippen LogP contribution in [0, 0.1) is 0 Å². The van der Waals surface area contributed by atoms with E-state index in [1.165, 1.54) is 0 Å². The second-order valence-electron chi connectivity index (χ2n) is 7.02.